The van der Waals surface area contributed by atoms with E-state index in [1.54, 1.807) is 11.0 Å². The molecule has 5 nitrogen and oxygen atoms in total. The predicted octanol–water partition coefficient (Wildman–Crippen LogP) is 1.65. The first-order valence-corrected chi connectivity index (χ1v) is 6.21. The maximum atomic E-state index is 4.44. The predicted molar refractivity (Wildman–Crippen MR) is 73.3 cm³/mol. The lowest BCUT2D eigenvalue weighted by molar-refractivity contribution is 0.615. The van der Waals surface area contributed by atoms with Crippen LogP contribution >= 0.6 is 0 Å². The first-order valence-electron chi connectivity index (χ1n) is 6.21. The fraction of sp³-hybridized carbons (Fsp3) is 0.214. The van der Waals surface area contributed by atoms with E-state index in [1.165, 1.54) is 10.9 Å². The second kappa shape index (κ2) is 5.16. The van der Waals surface area contributed by atoms with Gasteiger partial charge in [0.05, 0.1) is 12.1 Å². The van der Waals surface area contributed by atoms with Gasteiger partial charge < -0.3 is 5.32 Å². The van der Waals surface area contributed by atoms with Crippen molar-refractivity contribution in [2.75, 3.05) is 0 Å². The summed E-state index contributed by atoms with van der Waals surface area (Å²) >= 11 is 0. The lowest BCUT2D eigenvalue weighted by Crippen LogP contribution is -2.16. The lowest BCUT2D eigenvalue weighted by atomic mass is 10.1. The van der Waals surface area contributed by atoms with E-state index in [2.05, 4.69) is 44.6 Å². The Balaban J connectivity index is 1.74. The Morgan fingerprint density at radius 3 is 2.84 bits per heavy atom. The van der Waals surface area contributed by atoms with Crippen LogP contribution in [0.2, 0.25) is 0 Å². The quantitative estimate of drug-likeness (QED) is 0.768. The van der Waals surface area contributed by atoms with E-state index in [4.69, 9.17) is 0 Å². The van der Waals surface area contributed by atoms with Crippen LogP contribution < -0.4 is 5.32 Å². The van der Waals surface area contributed by atoms with Crippen molar-refractivity contribution in [3.05, 3.63) is 54.2 Å². The minimum absolute atomic E-state index is 0.694. The van der Waals surface area contributed by atoms with Crippen molar-refractivity contribution in [2.24, 2.45) is 7.05 Å². The van der Waals surface area contributed by atoms with Crippen LogP contribution in [0.4, 0.5) is 0 Å². The molecular weight excluding hydrogens is 238 g/mol. The van der Waals surface area contributed by atoms with Gasteiger partial charge in [0.15, 0.2) is 0 Å². The lowest BCUT2D eigenvalue weighted by Gasteiger charge is -2.07. The van der Waals surface area contributed by atoms with E-state index in [-0.39, 0.29) is 0 Å². The molecule has 0 aliphatic carbocycles. The number of benzene rings is 1. The molecule has 2 heterocycles. The number of hydrogen-bond donors (Lipinski definition) is 1. The number of nitrogens with one attached hydrogen (secondary N) is 1. The molecule has 0 saturated heterocycles. The minimum Gasteiger partial charge on any atom is -0.306 e. The second-order valence-corrected chi connectivity index (χ2v) is 4.40. The van der Waals surface area contributed by atoms with Crippen molar-refractivity contribution in [1.29, 1.82) is 0 Å². The molecule has 0 aliphatic heterocycles. The van der Waals surface area contributed by atoms with Gasteiger partial charge in [-0.1, -0.05) is 24.3 Å². The van der Waals surface area contributed by atoms with Crippen molar-refractivity contribution in [2.45, 2.75) is 13.1 Å². The average Bonchev–Trinajstić information content (AvgIpc) is 2.85. The normalized spacial score (nSPS) is 11.0. The zero-order chi connectivity index (χ0) is 13.1. The molecule has 0 saturated carbocycles. The largest absolute Gasteiger partial charge is 0.306 e. The molecule has 3 aromatic rings. The Morgan fingerprint density at radius 1 is 1.11 bits per heavy atom. The van der Waals surface area contributed by atoms with E-state index in [9.17, 15) is 0 Å². The van der Waals surface area contributed by atoms with Crippen molar-refractivity contribution in [3.8, 4) is 0 Å². The fourth-order valence-electron chi connectivity index (χ4n) is 2.10. The van der Waals surface area contributed by atoms with E-state index >= 15 is 0 Å². The first kappa shape index (κ1) is 11.8. The Bertz CT molecular complexity index is 684. The maximum absolute atomic E-state index is 4.44. The molecular formula is C14H15N5. The van der Waals surface area contributed by atoms with Gasteiger partial charge in [0.2, 0.25) is 0 Å². The van der Waals surface area contributed by atoms with Crippen molar-refractivity contribution < 1.29 is 0 Å². The molecule has 0 bridgehead atoms. The Morgan fingerprint density at radius 2 is 2.00 bits per heavy atom. The molecule has 1 N–H and O–H groups in total. The summed E-state index contributed by atoms with van der Waals surface area (Å²) in [6.07, 6.45) is 3.39. The number of rotatable bonds is 4. The Labute approximate surface area is 111 Å². The average molecular weight is 253 g/mol. The summed E-state index contributed by atoms with van der Waals surface area (Å²) < 4.78 is 1.77. The van der Waals surface area contributed by atoms with Gasteiger partial charge in [-0.2, -0.15) is 5.10 Å². The summed E-state index contributed by atoms with van der Waals surface area (Å²) in [7, 11) is 1.89. The maximum Gasteiger partial charge on any atom is 0.140 e. The highest BCUT2D eigenvalue weighted by molar-refractivity contribution is 5.81. The van der Waals surface area contributed by atoms with Gasteiger partial charge in [-0.25, -0.2) is 4.98 Å². The summed E-state index contributed by atoms with van der Waals surface area (Å²) in [6, 6.07) is 10.3. The molecule has 5 heteroatoms. The van der Waals surface area contributed by atoms with Crippen molar-refractivity contribution >= 4 is 10.9 Å². The van der Waals surface area contributed by atoms with Gasteiger partial charge in [0.25, 0.3) is 0 Å². The number of aryl methyl sites for hydroxylation is 1. The number of aromatic nitrogens is 4. The van der Waals surface area contributed by atoms with Crippen LogP contribution in [0.1, 0.15) is 11.4 Å². The third-order valence-corrected chi connectivity index (χ3v) is 3.12. The minimum atomic E-state index is 0.694. The second-order valence-electron chi connectivity index (χ2n) is 4.40. The summed E-state index contributed by atoms with van der Waals surface area (Å²) in [6.45, 7) is 1.46. The van der Waals surface area contributed by atoms with E-state index < -0.39 is 0 Å². The molecule has 0 radical (unpaired) electrons. The van der Waals surface area contributed by atoms with Crippen molar-refractivity contribution in [3.63, 3.8) is 0 Å². The van der Waals surface area contributed by atoms with Crippen LogP contribution in [0, 0.1) is 0 Å². The van der Waals surface area contributed by atoms with Crippen LogP contribution in [-0.2, 0) is 20.1 Å². The highest BCUT2D eigenvalue weighted by Crippen LogP contribution is 2.15. The highest BCUT2D eigenvalue weighted by Gasteiger charge is 2.03. The number of pyridine rings is 1. The molecule has 0 atom stereocenters. The highest BCUT2D eigenvalue weighted by atomic mass is 15.3. The molecule has 0 aliphatic rings. The topological polar surface area (TPSA) is 55.6 Å². The third kappa shape index (κ3) is 2.46. The standard InChI is InChI=1S/C14H15N5/c1-19-13(17-10-18-19)9-15-8-12-5-2-4-11-6-3-7-16-14(11)12/h2-7,10,15H,8-9H2,1H3. The molecule has 0 unspecified atom stereocenters. The zero-order valence-corrected chi connectivity index (χ0v) is 10.7. The molecule has 3 rings (SSSR count). The molecule has 2 aromatic heterocycles. The Hall–Kier alpha value is -2.27. The van der Waals surface area contributed by atoms with Gasteiger partial charge in [-0.15, -0.1) is 0 Å². The number of fused-ring (bicyclic) bond motifs is 1. The van der Waals surface area contributed by atoms with Crippen molar-refractivity contribution in [1.82, 2.24) is 25.1 Å². The van der Waals surface area contributed by atoms with Crippen LogP contribution in [0.25, 0.3) is 10.9 Å². The van der Waals surface area contributed by atoms with Gasteiger partial charge in [0, 0.05) is 25.2 Å². The summed E-state index contributed by atoms with van der Waals surface area (Å²) in [4.78, 5) is 8.62. The SMILES string of the molecule is Cn1ncnc1CNCc1cccc2cccnc12. The number of para-hydroxylation sites is 1. The molecule has 0 amide bonds. The van der Waals surface area contributed by atoms with Crippen LogP contribution in [-0.4, -0.2) is 19.7 Å². The molecule has 19 heavy (non-hydrogen) atoms. The van der Waals surface area contributed by atoms with E-state index in [0.29, 0.717) is 6.54 Å². The van der Waals surface area contributed by atoms with Gasteiger partial charge in [-0.05, 0) is 11.6 Å². The smallest absolute Gasteiger partial charge is 0.140 e. The summed E-state index contributed by atoms with van der Waals surface area (Å²) in [5.74, 6) is 0.924. The van der Waals surface area contributed by atoms with Crippen LogP contribution in [0.5, 0.6) is 0 Å². The fourth-order valence-corrected chi connectivity index (χ4v) is 2.10. The van der Waals surface area contributed by atoms with E-state index in [1.807, 2.05) is 19.3 Å². The summed E-state index contributed by atoms with van der Waals surface area (Å²) in [5.41, 5.74) is 2.25. The Kier molecular flexibility index (Phi) is 3.20. The third-order valence-electron chi connectivity index (χ3n) is 3.12. The van der Waals surface area contributed by atoms with Crippen LogP contribution in [0.3, 0.4) is 0 Å². The number of hydrogen-bond acceptors (Lipinski definition) is 4. The monoisotopic (exact) mass is 253 g/mol. The number of nitrogens with zero attached hydrogens (tertiary/aromatic N) is 4. The molecule has 1 aromatic carbocycles. The molecule has 0 fully saturated rings. The first-order chi connectivity index (χ1) is 9.34. The molecule has 96 valence electrons. The van der Waals surface area contributed by atoms with Gasteiger partial charge >= 0.3 is 0 Å². The van der Waals surface area contributed by atoms with Gasteiger partial charge in [-0.3, -0.25) is 9.67 Å². The van der Waals surface area contributed by atoms with Gasteiger partial charge in [0.1, 0.15) is 12.2 Å². The van der Waals surface area contributed by atoms with Crippen LogP contribution in [0.15, 0.2) is 42.9 Å². The summed E-state index contributed by atoms with van der Waals surface area (Å²) in [5, 5.41) is 8.59. The zero-order valence-electron chi connectivity index (χ0n) is 10.7. The molecule has 0 spiro atoms. The van der Waals surface area contributed by atoms with E-state index in [0.717, 1.165) is 17.9 Å².